The van der Waals surface area contributed by atoms with E-state index in [0.29, 0.717) is 32.2 Å². The van der Waals surface area contributed by atoms with Crippen molar-refractivity contribution < 1.29 is 14.3 Å². The van der Waals surface area contributed by atoms with Crippen LogP contribution in [0.25, 0.3) is 0 Å². The summed E-state index contributed by atoms with van der Waals surface area (Å²) in [6, 6.07) is 7.52. The maximum atomic E-state index is 11.9. The first-order chi connectivity index (χ1) is 11.2. The Morgan fingerprint density at radius 1 is 1.26 bits per heavy atom. The van der Waals surface area contributed by atoms with Crippen molar-refractivity contribution in [1.29, 1.82) is 0 Å². The van der Waals surface area contributed by atoms with Gasteiger partial charge in [-0.3, -0.25) is 9.69 Å². The first-order valence-electron chi connectivity index (χ1n) is 8.52. The minimum atomic E-state index is 0.0781. The van der Waals surface area contributed by atoms with E-state index in [1.807, 2.05) is 31.2 Å². The molecule has 0 unspecified atom stereocenters. The molecule has 1 saturated heterocycles. The number of likely N-dealkylation sites (tertiary alicyclic amines) is 1. The second-order valence-electron chi connectivity index (χ2n) is 6.09. The summed E-state index contributed by atoms with van der Waals surface area (Å²) in [4.78, 5) is 14.2. The predicted octanol–water partition coefficient (Wildman–Crippen LogP) is 2.31. The number of benzene rings is 1. The number of rotatable bonds is 8. The lowest BCUT2D eigenvalue weighted by atomic mass is 10.0. The highest BCUT2D eigenvalue weighted by atomic mass is 16.5. The predicted molar refractivity (Wildman–Crippen MR) is 91.0 cm³/mol. The molecule has 0 bridgehead atoms. The molecule has 5 nitrogen and oxygen atoms in total. The van der Waals surface area contributed by atoms with Gasteiger partial charge < -0.3 is 14.8 Å². The van der Waals surface area contributed by atoms with Gasteiger partial charge in [0.15, 0.2) is 0 Å². The van der Waals surface area contributed by atoms with Crippen molar-refractivity contribution in [3.05, 3.63) is 24.3 Å². The zero-order valence-corrected chi connectivity index (χ0v) is 14.2. The fourth-order valence-corrected chi connectivity index (χ4v) is 2.85. The second kappa shape index (κ2) is 9.40. The smallest absolute Gasteiger partial charge is 0.234 e. The SMILES string of the molecule is CCOc1ccc(OCCNC(=O)CN2CCC[C@H](C)C2)cc1. The number of nitrogens with one attached hydrogen (secondary N) is 1. The summed E-state index contributed by atoms with van der Waals surface area (Å²) in [5.74, 6) is 2.39. The normalized spacial score (nSPS) is 18.4. The Kier molecular flexibility index (Phi) is 7.20. The Morgan fingerprint density at radius 2 is 1.96 bits per heavy atom. The van der Waals surface area contributed by atoms with E-state index in [1.54, 1.807) is 0 Å². The van der Waals surface area contributed by atoms with Crippen molar-refractivity contribution in [3.8, 4) is 11.5 Å². The molecule has 1 amide bonds. The summed E-state index contributed by atoms with van der Waals surface area (Å²) in [5.41, 5.74) is 0. The minimum absolute atomic E-state index is 0.0781. The summed E-state index contributed by atoms with van der Waals surface area (Å²) in [6.07, 6.45) is 2.46. The summed E-state index contributed by atoms with van der Waals surface area (Å²) in [5, 5.41) is 2.92. The van der Waals surface area contributed by atoms with E-state index < -0.39 is 0 Å². The zero-order chi connectivity index (χ0) is 16.5. The quantitative estimate of drug-likeness (QED) is 0.747. The van der Waals surface area contributed by atoms with E-state index in [0.717, 1.165) is 24.6 Å². The molecule has 0 aliphatic carbocycles. The first-order valence-corrected chi connectivity index (χ1v) is 8.52. The fourth-order valence-electron chi connectivity index (χ4n) is 2.85. The average molecular weight is 320 g/mol. The third-order valence-electron chi connectivity index (χ3n) is 3.94. The molecule has 5 heteroatoms. The monoisotopic (exact) mass is 320 g/mol. The van der Waals surface area contributed by atoms with E-state index >= 15 is 0 Å². The molecule has 1 fully saturated rings. The van der Waals surface area contributed by atoms with Crippen LogP contribution < -0.4 is 14.8 Å². The van der Waals surface area contributed by atoms with Crippen LogP contribution in [0.1, 0.15) is 26.7 Å². The van der Waals surface area contributed by atoms with Gasteiger partial charge in [0.25, 0.3) is 0 Å². The molecule has 0 aromatic heterocycles. The molecule has 0 radical (unpaired) electrons. The van der Waals surface area contributed by atoms with E-state index in [-0.39, 0.29) is 5.91 Å². The lowest BCUT2D eigenvalue weighted by Gasteiger charge is -2.30. The average Bonchev–Trinajstić information content (AvgIpc) is 2.53. The number of amides is 1. The van der Waals surface area contributed by atoms with E-state index in [4.69, 9.17) is 9.47 Å². The largest absolute Gasteiger partial charge is 0.494 e. The van der Waals surface area contributed by atoms with Gasteiger partial charge in [-0.2, -0.15) is 0 Å². The third kappa shape index (κ3) is 6.48. The Bertz CT molecular complexity index is 476. The van der Waals surface area contributed by atoms with Gasteiger partial charge in [0, 0.05) is 6.54 Å². The van der Waals surface area contributed by atoms with Crippen LogP contribution in [-0.2, 0) is 4.79 Å². The highest BCUT2D eigenvalue weighted by molar-refractivity contribution is 5.78. The van der Waals surface area contributed by atoms with Gasteiger partial charge in [0.1, 0.15) is 18.1 Å². The molecule has 1 atom stereocenters. The summed E-state index contributed by atoms with van der Waals surface area (Å²) < 4.78 is 11.0. The lowest BCUT2D eigenvalue weighted by Crippen LogP contribution is -2.42. The van der Waals surface area contributed by atoms with Crippen LogP contribution in [-0.4, -0.2) is 50.2 Å². The maximum Gasteiger partial charge on any atom is 0.234 e. The molecule has 1 aromatic rings. The van der Waals surface area contributed by atoms with Crippen molar-refractivity contribution in [2.75, 3.05) is 39.4 Å². The van der Waals surface area contributed by atoms with Crippen molar-refractivity contribution in [3.63, 3.8) is 0 Å². The van der Waals surface area contributed by atoms with Crippen LogP contribution in [0.15, 0.2) is 24.3 Å². The van der Waals surface area contributed by atoms with Crippen LogP contribution in [0, 0.1) is 5.92 Å². The molecule has 23 heavy (non-hydrogen) atoms. The number of carbonyl (C=O) groups excluding carboxylic acids is 1. The van der Waals surface area contributed by atoms with Gasteiger partial charge in [-0.15, -0.1) is 0 Å². The lowest BCUT2D eigenvalue weighted by molar-refractivity contribution is -0.122. The number of nitrogens with zero attached hydrogens (tertiary/aromatic N) is 1. The third-order valence-corrected chi connectivity index (χ3v) is 3.94. The summed E-state index contributed by atoms with van der Waals surface area (Å²) in [6.45, 7) is 8.39. The molecule has 1 aliphatic heterocycles. The van der Waals surface area contributed by atoms with Gasteiger partial charge in [-0.05, 0) is 56.5 Å². The van der Waals surface area contributed by atoms with Crippen LogP contribution in [0.4, 0.5) is 0 Å². The number of carbonyl (C=O) groups is 1. The van der Waals surface area contributed by atoms with Crippen LogP contribution in [0.2, 0.25) is 0 Å². The molecule has 1 aromatic carbocycles. The standard InChI is InChI=1S/C18H28N2O3/c1-3-22-16-6-8-17(9-7-16)23-12-10-19-18(21)14-20-11-4-5-15(2)13-20/h6-9,15H,3-5,10-14H2,1-2H3,(H,19,21)/t15-/m0/s1. The molecule has 0 spiro atoms. The molecule has 1 heterocycles. The van der Waals surface area contributed by atoms with Gasteiger partial charge in [0.05, 0.1) is 19.7 Å². The summed E-state index contributed by atoms with van der Waals surface area (Å²) in [7, 11) is 0. The number of piperidine rings is 1. The Balaban J connectivity index is 1.60. The maximum absolute atomic E-state index is 11.9. The topological polar surface area (TPSA) is 50.8 Å². The fraction of sp³-hybridized carbons (Fsp3) is 0.611. The molecule has 1 N–H and O–H groups in total. The molecule has 0 saturated carbocycles. The van der Waals surface area contributed by atoms with E-state index in [2.05, 4.69) is 17.1 Å². The summed E-state index contributed by atoms with van der Waals surface area (Å²) >= 11 is 0. The Labute approximate surface area is 139 Å². The van der Waals surface area contributed by atoms with Crippen LogP contribution in [0.3, 0.4) is 0 Å². The number of hydrogen-bond acceptors (Lipinski definition) is 4. The first kappa shape index (κ1) is 17.6. The zero-order valence-electron chi connectivity index (χ0n) is 14.2. The molecule has 1 aliphatic rings. The Morgan fingerprint density at radius 3 is 2.61 bits per heavy atom. The minimum Gasteiger partial charge on any atom is -0.494 e. The molecular weight excluding hydrogens is 292 g/mol. The second-order valence-corrected chi connectivity index (χ2v) is 6.09. The number of hydrogen-bond donors (Lipinski definition) is 1. The van der Waals surface area contributed by atoms with Crippen LogP contribution >= 0.6 is 0 Å². The number of ether oxygens (including phenoxy) is 2. The van der Waals surface area contributed by atoms with Gasteiger partial charge in [-0.1, -0.05) is 6.92 Å². The molecule has 128 valence electrons. The van der Waals surface area contributed by atoms with Gasteiger partial charge in [-0.25, -0.2) is 0 Å². The van der Waals surface area contributed by atoms with E-state index in [9.17, 15) is 4.79 Å². The molecular formula is C18H28N2O3. The van der Waals surface area contributed by atoms with Crippen molar-refractivity contribution in [1.82, 2.24) is 10.2 Å². The van der Waals surface area contributed by atoms with Gasteiger partial charge in [0.2, 0.25) is 5.91 Å². The van der Waals surface area contributed by atoms with Crippen LogP contribution in [0.5, 0.6) is 11.5 Å². The molecule has 2 rings (SSSR count). The van der Waals surface area contributed by atoms with Crippen molar-refractivity contribution in [2.45, 2.75) is 26.7 Å². The highest BCUT2D eigenvalue weighted by Crippen LogP contribution is 2.17. The van der Waals surface area contributed by atoms with Crippen molar-refractivity contribution in [2.24, 2.45) is 5.92 Å². The Hall–Kier alpha value is -1.75. The van der Waals surface area contributed by atoms with Crippen molar-refractivity contribution >= 4 is 5.91 Å². The van der Waals surface area contributed by atoms with Gasteiger partial charge >= 0.3 is 0 Å². The highest BCUT2D eigenvalue weighted by Gasteiger charge is 2.18. The van der Waals surface area contributed by atoms with E-state index in [1.165, 1.54) is 12.8 Å².